The van der Waals surface area contributed by atoms with E-state index < -0.39 is 0 Å². The summed E-state index contributed by atoms with van der Waals surface area (Å²) in [6, 6.07) is 17.3. The molecule has 1 aliphatic heterocycles. The summed E-state index contributed by atoms with van der Waals surface area (Å²) < 4.78 is 16.5. The molecule has 1 N–H and O–H groups in total. The first-order chi connectivity index (χ1) is 14.7. The molecule has 4 rings (SSSR count). The Morgan fingerprint density at radius 2 is 1.93 bits per heavy atom. The third-order valence-electron chi connectivity index (χ3n) is 4.83. The minimum absolute atomic E-state index is 0.0792. The van der Waals surface area contributed by atoms with Crippen molar-refractivity contribution >= 4 is 6.03 Å². The van der Waals surface area contributed by atoms with Gasteiger partial charge in [0.25, 0.3) is 5.89 Å². The molecule has 1 fully saturated rings. The van der Waals surface area contributed by atoms with Crippen molar-refractivity contribution in [3.63, 3.8) is 0 Å². The van der Waals surface area contributed by atoms with E-state index in [2.05, 4.69) is 15.5 Å². The normalized spacial score (nSPS) is 13.7. The second kappa shape index (κ2) is 9.41. The smallest absolute Gasteiger partial charge is 0.317 e. The Balaban J connectivity index is 1.31. The SMILES string of the molecule is COCCc1noc(-c2ccccc2OC2CN(C(=O)NCc3ccccc3)C2)n1. The number of benzene rings is 2. The van der Waals surface area contributed by atoms with Gasteiger partial charge in [-0.15, -0.1) is 0 Å². The van der Waals surface area contributed by atoms with Crippen LogP contribution in [0.5, 0.6) is 5.75 Å². The van der Waals surface area contributed by atoms with Gasteiger partial charge in [0.1, 0.15) is 11.9 Å². The second-order valence-corrected chi connectivity index (χ2v) is 7.04. The van der Waals surface area contributed by atoms with E-state index >= 15 is 0 Å². The number of urea groups is 1. The Kier molecular flexibility index (Phi) is 6.24. The average Bonchev–Trinajstić information content (AvgIpc) is 3.22. The van der Waals surface area contributed by atoms with E-state index in [0.29, 0.717) is 50.1 Å². The monoisotopic (exact) mass is 408 g/mol. The lowest BCUT2D eigenvalue weighted by Gasteiger charge is -2.39. The molecule has 0 spiro atoms. The van der Waals surface area contributed by atoms with Crippen molar-refractivity contribution in [2.24, 2.45) is 0 Å². The van der Waals surface area contributed by atoms with Gasteiger partial charge in [0, 0.05) is 20.1 Å². The fraction of sp³-hybridized carbons (Fsp3) is 0.318. The molecule has 3 aromatic rings. The molecule has 30 heavy (non-hydrogen) atoms. The molecule has 1 aromatic heterocycles. The van der Waals surface area contributed by atoms with Crippen molar-refractivity contribution in [1.29, 1.82) is 0 Å². The van der Waals surface area contributed by atoms with Gasteiger partial charge in [-0.1, -0.05) is 47.6 Å². The van der Waals surface area contributed by atoms with E-state index in [9.17, 15) is 4.79 Å². The third kappa shape index (κ3) is 4.77. The number of ether oxygens (including phenoxy) is 2. The summed E-state index contributed by atoms with van der Waals surface area (Å²) in [5.74, 6) is 1.66. The van der Waals surface area contributed by atoms with Crippen molar-refractivity contribution in [2.45, 2.75) is 19.1 Å². The summed E-state index contributed by atoms with van der Waals surface area (Å²) in [5.41, 5.74) is 1.80. The summed E-state index contributed by atoms with van der Waals surface area (Å²) in [5, 5.41) is 6.91. The van der Waals surface area contributed by atoms with Crippen LogP contribution in [0.1, 0.15) is 11.4 Å². The molecular formula is C22H24N4O4. The van der Waals surface area contributed by atoms with E-state index in [4.69, 9.17) is 14.0 Å². The third-order valence-corrected chi connectivity index (χ3v) is 4.83. The fourth-order valence-electron chi connectivity index (χ4n) is 3.15. The maximum absolute atomic E-state index is 12.3. The van der Waals surface area contributed by atoms with Crippen molar-refractivity contribution in [2.75, 3.05) is 26.8 Å². The minimum atomic E-state index is -0.0910. The van der Waals surface area contributed by atoms with Crippen LogP contribution in [0.25, 0.3) is 11.5 Å². The first kappa shape index (κ1) is 19.9. The number of rotatable bonds is 8. The van der Waals surface area contributed by atoms with E-state index in [1.165, 1.54) is 0 Å². The van der Waals surface area contributed by atoms with Gasteiger partial charge in [0.15, 0.2) is 5.82 Å². The number of nitrogens with one attached hydrogen (secondary N) is 1. The topological polar surface area (TPSA) is 89.7 Å². The van der Waals surface area contributed by atoms with Crippen LogP contribution in [0, 0.1) is 0 Å². The Morgan fingerprint density at radius 1 is 1.17 bits per heavy atom. The van der Waals surface area contributed by atoms with E-state index in [1.54, 1.807) is 12.0 Å². The van der Waals surface area contributed by atoms with Gasteiger partial charge in [-0.25, -0.2) is 4.79 Å². The molecule has 1 aliphatic rings. The Bertz CT molecular complexity index is 970. The number of methoxy groups -OCH3 is 1. The highest BCUT2D eigenvalue weighted by Crippen LogP contribution is 2.30. The number of carbonyl (C=O) groups excluding carboxylic acids is 1. The van der Waals surface area contributed by atoms with Crippen LogP contribution in [0.15, 0.2) is 59.1 Å². The molecule has 8 heteroatoms. The number of hydrogen-bond donors (Lipinski definition) is 1. The Labute approximate surface area is 174 Å². The van der Waals surface area contributed by atoms with Crippen LogP contribution in [-0.2, 0) is 17.7 Å². The van der Waals surface area contributed by atoms with Crippen molar-refractivity contribution in [3.8, 4) is 17.2 Å². The standard InChI is InChI=1S/C22H24N4O4/c1-28-12-11-20-24-21(30-25-20)18-9-5-6-10-19(18)29-17-14-26(15-17)22(27)23-13-16-7-3-2-4-8-16/h2-10,17H,11-15H2,1H3,(H,23,27). The molecule has 2 amide bonds. The van der Waals surface area contributed by atoms with Gasteiger partial charge in [0.05, 0.1) is 25.3 Å². The molecular weight excluding hydrogens is 384 g/mol. The van der Waals surface area contributed by atoms with E-state index in [1.807, 2.05) is 54.6 Å². The summed E-state index contributed by atoms with van der Waals surface area (Å²) in [6.45, 7) is 2.09. The predicted octanol–water partition coefficient (Wildman–Crippen LogP) is 2.90. The molecule has 0 atom stereocenters. The van der Waals surface area contributed by atoms with E-state index in [-0.39, 0.29) is 12.1 Å². The lowest BCUT2D eigenvalue weighted by molar-refractivity contribution is 0.0446. The number of nitrogens with zero attached hydrogens (tertiary/aromatic N) is 3. The summed E-state index contributed by atoms with van der Waals surface area (Å²) in [7, 11) is 1.63. The van der Waals surface area contributed by atoms with Crippen molar-refractivity contribution < 1.29 is 18.8 Å². The number of para-hydroxylation sites is 1. The van der Waals surface area contributed by atoms with Gasteiger partial charge < -0.3 is 24.2 Å². The van der Waals surface area contributed by atoms with Gasteiger partial charge in [-0.3, -0.25) is 0 Å². The molecule has 2 heterocycles. The average molecular weight is 408 g/mol. The highest BCUT2D eigenvalue weighted by molar-refractivity contribution is 5.75. The van der Waals surface area contributed by atoms with Crippen LogP contribution in [0.3, 0.4) is 0 Å². The lowest BCUT2D eigenvalue weighted by atomic mass is 10.1. The maximum Gasteiger partial charge on any atom is 0.317 e. The van der Waals surface area contributed by atoms with Gasteiger partial charge in [0.2, 0.25) is 0 Å². The number of likely N-dealkylation sites (tertiary alicyclic amines) is 1. The van der Waals surface area contributed by atoms with Gasteiger partial charge in [-0.05, 0) is 17.7 Å². The molecule has 156 valence electrons. The summed E-state index contributed by atoms with van der Waals surface area (Å²) in [4.78, 5) is 18.4. The molecule has 0 unspecified atom stereocenters. The van der Waals surface area contributed by atoms with Crippen LogP contribution in [0.2, 0.25) is 0 Å². The highest BCUT2D eigenvalue weighted by atomic mass is 16.5. The van der Waals surface area contributed by atoms with Gasteiger partial charge >= 0.3 is 6.03 Å². The van der Waals surface area contributed by atoms with Crippen molar-refractivity contribution in [3.05, 3.63) is 66.0 Å². The second-order valence-electron chi connectivity index (χ2n) is 7.04. The molecule has 0 saturated carbocycles. The predicted molar refractivity (Wildman–Crippen MR) is 110 cm³/mol. The van der Waals surface area contributed by atoms with Crippen LogP contribution in [-0.4, -0.2) is 54.0 Å². The van der Waals surface area contributed by atoms with Crippen LogP contribution >= 0.6 is 0 Å². The Morgan fingerprint density at radius 3 is 2.73 bits per heavy atom. The van der Waals surface area contributed by atoms with Gasteiger partial charge in [-0.2, -0.15) is 4.98 Å². The zero-order valence-electron chi connectivity index (χ0n) is 16.8. The number of aromatic nitrogens is 2. The quantitative estimate of drug-likeness (QED) is 0.616. The zero-order valence-corrected chi connectivity index (χ0v) is 16.8. The van der Waals surface area contributed by atoms with Crippen molar-refractivity contribution in [1.82, 2.24) is 20.4 Å². The highest BCUT2D eigenvalue weighted by Gasteiger charge is 2.33. The first-order valence-electron chi connectivity index (χ1n) is 9.87. The number of amides is 2. The molecule has 0 bridgehead atoms. The fourth-order valence-corrected chi connectivity index (χ4v) is 3.15. The summed E-state index contributed by atoms with van der Waals surface area (Å²) >= 11 is 0. The molecule has 0 radical (unpaired) electrons. The molecule has 1 saturated heterocycles. The lowest BCUT2D eigenvalue weighted by Crippen LogP contribution is -2.58. The molecule has 8 nitrogen and oxygen atoms in total. The number of hydrogen-bond acceptors (Lipinski definition) is 6. The first-order valence-corrected chi connectivity index (χ1v) is 9.87. The van der Waals surface area contributed by atoms with E-state index in [0.717, 1.165) is 11.1 Å². The Hall–Kier alpha value is -3.39. The van der Waals surface area contributed by atoms with Crippen LogP contribution in [0.4, 0.5) is 4.79 Å². The molecule has 2 aromatic carbocycles. The minimum Gasteiger partial charge on any atom is -0.486 e. The zero-order chi connectivity index (χ0) is 20.8. The number of carbonyl (C=O) groups is 1. The maximum atomic E-state index is 12.3. The molecule has 0 aliphatic carbocycles. The largest absolute Gasteiger partial charge is 0.486 e. The van der Waals surface area contributed by atoms with Crippen LogP contribution < -0.4 is 10.1 Å². The summed E-state index contributed by atoms with van der Waals surface area (Å²) in [6.07, 6.45) is 0.503.